The van der Waals surface area contributed by atoms with Crippen LogP contribution in [0.1, 0.15) is 28.1 Å². The van der Waals surface area contributed by atoms with Crippen LogP contribution < -0.4 is 0 Å². The summed E-state index contributed by atoms with van der Waals surface area (Å²) in [5, 5.41) is 2.05. The molecule has 1 aliphatic heterocycles. The second-order valence-electron chi connectivity index (χ2n) is 5.99. The normalized spacial score (nSPS) is 15.7. The maximum atomic E-state index is 13.2. The lowest BCUT2D eigenvalue weighted by atomic mass is 10.0. The zero-order valence-corrected chi connectivity index (χ0v) is 14.1. The van der Waals surface area contributed by atoms with Crippen molar-refractivity contribution in [2.45, 2.75) is 25.4 Å². The summed E-state index contributed by atoms with van der Waals surface area (Å²) in [6.45, 7) is 2.10. The molecule has 0 unspecified atom stereocenters. The Kier molecular flexibility index (Phi) is 4.32. The van der Waals surface area contributed by atoms with Gasteiger partial charge in [-0.2, -0.15) is 0 Å². The van der Waals surface area contributed by atoms with E-state index in [1.54, 1.807) is 17.7 Å². The zero-order chi connectivity index (χ0) is 16.4. The van der Waals surface area contributed by atoms with E-state index in [1.165, 1.54) is 4.88 Å². The zero-order valence-electron chi connectivity index (χ0n) is 13.3. The third kappa shape index (κ3) is 3.07. The van der Waals surface area contributed by atoms with Gasteiger partial charge in [-0.05, 0) is 42.5 Å². The molecule has 6 heteroatoms. The van der Waals surface area contributed by atoms with E-state index in [0.717, 1.165) is 37.1 Å². The summed E-state index contributed by atoms with van der Waals surface area (Å²) in [5.74, 6) is 0.0757. The Balaban J connectivity index is 1.63. The van der Waals surface area contributed by atoms with Gasteiger partial charge in [0.15, 0.2) is 0 Å². The lowest BCUT2D eigenvalue weighted by Gasteiger charge is -2.34. The molecule has 1 amide bonds. The second-order valence-corrected chi connectivity index (χ2v) is 7.02. The van der Waals surface area contributed by atoms with E-state index in [1.807, 2.05) is 29.2 Å². The monoisotopic (exact) mass is 341 g/mol. The molecule has 0 spiro atoms. The molecule has 2 aromatic heterocycles. The van der Waals surface area contributed by atoms with Gasteiger partial charge in [-0.25, -0.2) is 4.98 Å². The first-order chi connectivity index (χ1) is 11.8. The maximum absolute atomic E-state index is 13.2. The number of H-pyrrole nitrogens is 1. The number of carbonyl (C=O) groups is 1. The van der Waals surface area contributed by atoms with Crippen LogP contribution in [0, 0.1) is 0 Å². The van der Waals surface area contributed by atoms with E-state index in [-0.39, 0.29) is 11.9 Å². The minimum atomic E-state index is 0.0757. The van der Waals surface area contributed by atoms with Gasteiger partial charge in [0.05, 0.1) is 23.9 Å². The van der Waals surface area contributed by atoms with E-state index in [2.05, 4.69) is 21.4 Å². The third-order valence-electron chi connectivity index (χ3n) is 4.47. The highest BCUT2D eigenvalue weighted by atomic mass is 32.1. The fourth-order valence-corrected chi connectivity index (χ4v) is 3.87. The van der Waals surface area contributed by atoms with Crippen molar-refractivity contribution in [1.29, 1.82) is 0 Å². The lowest BCUT2D eigenvalue weighted by molar-refractivity contribution is 0.0270. The molecule has 3 aromatic rings. The van der Waals surface area contributed by atoms with E-state index in [0.29, 0.717) is 12.1 Å². The number of nitrogens with one attached hydrogen (secondary N) is 1. The van der Waals surface area contributed by atoms with Crippen molar-refractivity contribution in [2.75, 3.05) is 13.2 Å². The number of aromatic nitrogens is 2. The molecule has 1 aliphatic rings. The van der Waals surface area contributed by atoms with Crippen molar-refractivity contribution in [2.24, 2.45) is 0 Å². The van der Waals surface area contributed by atoms with Gasteiger partial charge in [-0.1, -0.05) is 6.07 Å². The second kappa shape index (κ2) is 6.75. The van der Waals surface area contributed by atoms with Crippen LogP contribution >= 0.6 is 11.3 Å². The number of imidazole rings is 1. The quantitative estimate of drug-likeness (QED) is 0.791. The first-order valence-electron chi connectivity index (χ1n) is 8.15. The number of thiophene rings is 1. The van der Waals surface area contributed by atoms with Gasteiger partial charge < -0.3 is 14.6 Å². The van der Waals surface area contributed by atoms with E-state index in [4.69, 9.17) is 4.74 Å². The Morgan fingerprint density at radius 1 is 1.33 bits per heavy atom. The van der Waals surface area contributed by atoms with Gasteiger partial charge in [0.2, 0.25) is 0 Å². The predicted octanol–water partition coefficient (Wildman–Crippen LogP) is 3.45. The van der Waals surface area contributed by atoms with Crippen LogP contribution in [0.4, 0.5) is 0 Å². The van der Waals surface area contributed by atoms with Crippen molar-refractivity contribution >= 4 is 28.3 Å². The fourth-order valence-electron chi connectivity index (χ4n) is 3.17. The molecule has 3 heterocycles. The molecule has 0 atom stereocenters. The fraction of sp³-hybridized carbons (Fsp3) is 0.333. The topological polar surface area (TPSA) is 58.2 Å². The SMILES string of the molecule is O=C(c1ccc2nc[nH]c2c1)N(Cc1cccs1)C1CCOCC1. The largest absolute Gasteiger partial charge is 0.381 e. The minimum absolute atomic E-state index is 0.0757. The average molecular weight is 341 g/mol. The first-order valence-corrected chi connectivity index (χ1v) is 9.03. The Labute approximate surface area is 144 Å². The smallest absolute Gasteiger partial charge is 0.254 e. The minimum Gasteiger partial charge on any atom is -0.381 e. The molecule has 24 heavy (non-hydrogen) atoms. The molecule has 0 bridgehead atoms. The molecule has 0 radical (unpaired) electrons. The lowest BCUT2D eigenvalue weighted by Crippen LogP contribution is -2.42. The highest BCUT2D eigenvalue weighted by molar-refractivity contribution is 7.09. The summed E-state index contributed by atoms with van der Waals surface area (Å²) in [6.07, 6.45) is 3.44. The van der Waals surface area contributed by atoms with Gasteiger partial charge in [0, 0.05) is 29.7 Å². The van der Waals surface area contributed by atoms with Crippen molar-refractivity contribution in [3.8, 4) is 0 Å². The summed E-state index contributed by atoms with van der Waals surface area (Å²) in [6, 6.07) is 10.0. The van der Waals surface area contributed by atoms with E-state index >= 15 is 0 Å². The third-order valence-corrected chi connectivity index (χ3v) is 5.33. The molecular formula is C18H19N3O2S. The summed E-state index contributed by atoms with van der Waals surface area (Å²) in [4.78, 5) is 23.7. The van der Waals surface area contributed by atoms with Gasteiger partial charge in [-0.15, -0.1) is 11.3 Å². The molecule has 5 nitrogen and oxygen atoms in total. The molecule has 0 aliphatic carbocycles. The number of fused-ring (bicyclic) bond motifs is 1. The number of nitrogens with zero attached hydrogens (tertiary/aromatic N) is 2. The molecule has 1 fully saturated rings. The highest BCUT2D eigenvalue weighted by Crippen LogP contribution is 2.23. The van der Waals surface area contributed by atoms with Crippen molar-refractivity contribution in [1.82, 2.24) is 14.9 Å². The molecule has 124 valence electrons. The number of hydrogen-bond donors (Lipinski definition) is 1. The summed E-state index contributed by atoms with van der Waals surface area (Å²) >= 11 is 1.69. The maximum Gasteiger partial charge on any atom is 0.254 e. The van der Waals surface area contributed by atoms with Gasteiger partial charge >= 0.3 is 0 Å². The van der Waals surface area contributed by atoms with Crippen LogP contribution in [-0.4, -0.2) is 40.0 Å². The van der Waals surface area contributed by atoms with Crippen LogP contribution in [0.5, 0.6) is 0 Å². The summed E-state index contributed by atoms with van der Waals surface area (Å²) in [7, 11) is 0. The van der Waals surface area contributed by atoms with Gasteiger partial charge in [-0.3, -0.25) is 4.79 Å². The Bertz CT molecular complexity index is 822. The number of hydrogen-bond acceptors (Lipinski definition) is 4. The van der Waals surface area contributed by atoms with Crippen molar-refractivity contribution < 1.29 is 9.53 Å². The van der Waals surface area contributed by atoms with Crippen LogP contribution in [0.3, 0.4) is 0 Å². The Hall–Kier alpha value is -2.18. The standard InChI is InChI=1S/C18H19N3O2S/c22-18(13-3-4-16-17(10-13)20-12-19-16)21(11-15-2-1-9-24-15)14-5-7-23-8-6-14/h1-4,9-10,12,14H,5-8,11H2,(H,19,20). The molecule has 1 aromatic carbocycles. The van der Waals surface area contributed by atoms with Crippen LogP contribution in [0.25, 0.3) is 11.0 Å². The molecule has 1 N–H and O–H groups in total. The summed E-state index contributed by atoms with van der Waals surface area (Å²) in [5.41, 5.74) is 2.47. The molecular weight excluding hydrogens is 322 g/mol. The van der Waals surface area contributed by atoms with Gasteiger partial charge in [0.25, 0.3) is 5.91 Å². The number of aromatic amines is 1. The number of ether oxygens (including phenoxy) is 1. The average Bonchev–Trinajstić information content (AvgIpc) is 3.30. The number of benzene rings is 1. The van der Waals surface area contributed by atoms with E-state index in [9.17, 15) is 4.79 Å². The molecule has 1 saturated heterocycles. The Morgan fingerprint density at radius 3 is 3.00 bits per heavy atom. The van der Waals surface area contributed by atoms with Gasteiger partial charge in [0.1, 0.15) is 0 Å². The van der Waals surface area contributed by atoms with Crippen LogP contribution in [-0.2, 0) is 11.3 Å². The number of carbonyl (C=O) groups excluding carboxylic acids is 1. The summed E-state index contributed by atoms with van der Waals surface area (Å²) < 4.78 is 5.47. The number of amides is 1. The van der Waals surface area contributed by atoms with Crippen molar-refractivity contribution in [3.63, 3.8) is 0 Å². The van der Waals surface area contributed by atoms with Crippen LogP contribution in [0.2, 0.25) is 0 Å². The highest BCUT2D eigenvalue weighted by Gasteiger charge is 2.27. The van der Waals surface area contributed by atoms with Crippen molar-refractivity contribution in [3.05, 3.63) is 52.5 Å². The predicted molar refractivity (Wildman–Crippen MR) is 94.1 cm³/mol. The van der Waals surface area contributed by atoms with E-state index < -0.39 is 0 Å². The Morgan fingerprint density at radius 2 is 2.21 bits per heavy atom. The molecule has 0 saturated carbocycles. The molecule has 4 rings (SSSR count). The van der Waals surface area contributed by atoms with Crippen LogP contribution in [0.15, 0.2) is 42.0 Å². The number of rotatable bonds is 4. The first kappa shape index (κ1) is 15.4.